The molecule has 0 spiro atoms. The van der Waals surface area contributed by atoms with Gasteiger partial charge in [0.05, 0.1) is 12.7 Å². The SMILES string of the molecule is COc1cc(C(=O)Oc2ccc(O)cc2)ccc1O. The van der Waals surface area contributed by atoms with Crippen molar-refractivity contribution in [1.82, 2.24) is 0 Å². The molecular weight excluding hydrogens is 248 g/mol. The molecule has 0 aliphatic rings. The first kappa shape index (κ1) is 12.8. The van der Waals surface area contributed by atoms with Gasteiger partial charge >= 0.3 is 5.97 Å². The first-order chi connectivity index (χ1) is 9.10. The molecule has 5 nitrogen and oxygen atoms in total. The summed E-state index contributed by atoms with van der Waals surface area (Å²) in [5, 5.41) is 18.6. The van der Waals surface area contributed by atoms with E-state index in [0.717, 1.165) is 0 Å². The Hall–Kier alpha value is -2.69. The lowest BCUT2D eigenvalue weighted by Gasteiger charge is -2.07. The van der Waals surface area contributed by atoms with Crippen molar-refractivity contribution in [3.63, 3.8) is 0 Å². The molecule has 0 atom stereocenters. The number of ether oxygens (including phenoxy) is 2. The first-order valence-electron chi connectivity index (χ1n) is 5.48. The van der Waals surface area contributed by atoms with Crippen LogP contribution in [0, 0.1) is 0 Å². The fraction of sp³-hybridized carbons (Fsp3) is 0.0714. The second-order valence-corrected chi connectivity index (χ2v) is 3.77. The molecule has 0 fully saturated rings. The molecule has 0 amide bonds. The van der Waals surface area contributed by atoms with Gasteiger partial charge < -0.3 is 19.7 Å². The smallest absolute Gasteiger partial charge is 0.343 e. The van der Waals surface area contributed by atoms with Crippen LogP contribution in [0.15, 0.2) is 42.5 Å². The Kier molecular flexibility index (Phi) is 3.56. The van der Waals surface area contributed by atoms with E-state index in [1.807, 2.05) is 0 Å². The molecule has 0 aromatic heterocycles. The predicted molar refractivity (Wildman–Crippen MR) is 67.7 cm³/mol. The van der Waals surface area contributed by atoms with Crippen LogP contribution in [-0.4, -0.2) is 23.3 Å². The highest BCUT2D eigenvalue weighted by Crippen LogP contribution is 2.27. The van der Waals surface area contributed by atoms with Crippen LogP contribution in [0.25, 0.3) is 0 Å². The molecule has 0 radical (unpaired) electrons. The van der Waals surface area contributed by atoms with Gasteiger partial charge in [-0.15, -0.1) is 0 Å². The summed E-state index contributed by atoms with van der Waals surface area (Å²) in [6.07, 6.45) is 0. The van der Waals surface area contributed by atoms with Crippen LogP contribution in [0.4, 0.5) is 0 Å². The predicted octanol–water partition coefficient (Wildman–Crippen LogP) is 2.33. The molecule has 98 valence electrons. The van der Waals surface area contributed by atoms with Gasteiger partial charge in [0, 0.05) is 0 Å². The summed E-state index contributed by atoms with van der Waals surface area (Å²) in [5.41, 5.74) is 0.253. The highest BCUT2D eigenvalue weighted by atomic mass is 16.5. The van der Waals surface area contributed by atoms with Gasteiger partial charge in [0.1, 0.15) is 11.5 Å². The van der Waals surface area contributed by atoms with E-state index in [9.17, 15) is 9.90 Å². The molecule has 0 saturated carbocycles. The third kappa shape index (κ3) is 2.95. The topological polar surface area (TPSA) is 76.0 Å². The minimum atomic E-state index is -0.580. The van der Waals surface area contributed by atoms with Crippen LogP contribution in [0.3, 0.4) is 0 Å². The van der Waals surface area contributed by atoms with E-state index in [-0.39, 0.29) is 22.8 Å². The molecule has 0 heterocycles. The first-order valence-corrected chi connectivity index (χ1v) is 5.48. The van der Waals surface area contributed by atoms with E-state index in [1.165, 1.54) is 49.6 Å². The van der Waals surface area contributed by atoms with Gasteiger partial charge in [0.2, 0.25) is 0 Å². The Labute approximate surface area is 109 Å². The van der Waals surface area contributed by atoms with Gasteiger partial charge in [-0.1, -0.05) is 0 Å². The second-order valence-electron chi connectivity index (χ2n) is 3.77. The van der Waals surface area contributed by atoms with E-state index in [0.29, 0.717) is 5.75 Å². The van der Waals surface area contributed by atoms with Crippen LogP contribution < -0.4 is 9.47 Å². The van der Waals surface area contributed by atoms with E-state index in [1.54, 1.807) is 0 Å². The Morgan fingerprint density at radius 2 is 1.74 bits per heavy atom. The quantitative estimate of drug-likeness (QED) is 0.654. The van der Waals surface area contributed by atoms with Crippen molar-refractivity contribution < 1.29 is 24.5 Å². The van der Waals surface area contributed by atoms with E-state index < -0.39 is 5.97 Å². The van der Waals surface area contributed by atoms with Crippen LogP contribution in [0.5, 0.6) is 23.0 Å². The maximum absolute atomic E-state index is 11.9. The zero-order valence-electron chi connectivity index (χ0n) is 10.2. The number of carbonyl (C=O) groups excluding carboxylic acids is 1. The van der Waals surface area contributed by atoms with E-state index in [2.05, 4.69) is 0 Å². The summed E-state index contributed by atoms with van der Waals surface area (Å²) in [5.74, 6) is -0.0335. The fourth-order valence-electron chi connectivity index (χ4n) is 1.48. The average Bonchev–Trinajstić information content (AvgIpc) is 2.42. The molecule has 2 aromatic rings. The summed E-state index contributed by atoms with van der Waals surface area (Å²) < 4.78 is 10.0. The van der Waals surface area contributed by atoms with Gasteiger partial charge in [-0.3, -0.25) is 0 Å². The third-order valence-electron chi connectivity index (χ3n) is 2.46. The maximum atomic E-state index is 11.9. The van der Waals surface area contributed by atoms with Gasteiger partial charge in [-0.05, 0) is 42.5 Å². The van der Waals surface area contributed by atoms with Gasteiger partial charge in [-0.25, -0.2) is 4.79 Å². The Morgan fingerprint density at radius 1 is 1.05 bits per heavy atom. The largest absolute Gasteiger partial charge is 0.508 e. The van der Waals surface area contributed by atoms with Gasteiger partial charge in [-0.2, -0.15) is 0 Å². The minimum absolute atomic E-state index is 0.0521. The zero-order chi connectivity index (χ0) is 13.8. The molecule has 19 heavy (non-hydrogen) atoms. The summed E-state index contributed by atoms with van der Waals surface area (Å²) in [7, 11) is 1.39. The third-order valence-corrected chi connectivity index (χ3v) is 2.46. The summed E-state index contributed by atoms with van der Waals surface area (Å²) >= 11 is 0. The molecule has 0 aliphatic carbocycles. The van der Waals surface area contributed by atoms with Gasteiger partial charge in [0.15, 0.2) is 11.5 Å². The number of hydrogen-bond donors (Lipinski definition) is 2. The van der Waals surface area contributed by atoms with Crippen LogP contribution >= 0.6 is 0 Å². The molecule has 2 aromatic carbocycles. The van der Waals surface area contributed by atoms with Crippen LogP contribution in [-0.2, 0) is 0 Å². The molecular formula is C14H12O5. The van der Waals surface area contributed by atoms with E-state index in [4.69, 9.17) is 14.6 Å². The minimum Gasteiger partial charge on any atom is -0.508 e. The molecule has 0 bridgehead atoms. The highest BCUT2D eigenvalue weighted by molar-refractivity contribution is 5.91. The fourth-order valence-corrected chi connectivity index (χ4v) is 1.48. The molecule has 5 heteroatoms. The molecule has 2 rings (SSSR count). The van der Waals surface area contributed by atoms with Crippen molar-refractivity contribution in [3.8, 4) is 23.0 Å². The number of methoxy groups -OCH3 is 1. The molecule has 0 saturated heterocycles. The summed E-state index contributed by atoms with van der Waals surface area (Å²) in [4.78, 5) is 11.9. The van der Waals surface area contributed by atoms with Crippen molar-refractivity contribution in [1.29, 1.82) is 0 Å². The highest BCUT2D eigenvalue weighted by Gasteiger charge is 2.12. The van der Waals surface area contributed by atoms with E-state index >= 15 is 0 Å². The number of esters is 1. The van der Waals surface area contributed by atoms with Crippen LogP contribution in [0.1, 0.15) is 10.4 Å². The number of phenols is 2. The number of hydrogen-bond acceptors (Lipinski definition) is 5. The Bertz CT molecular complexity index is 589. The summed E-state index contributed by atoms with van der Waals surface area (Å²) in [6, 6.07) is 9.96. The molecule has 0 unspecified atom stereocenters. The Morgan fingerprint density at radius 3 is 2.37 bits per heavy atom. The monoisotopic (exact) mass is 260 g/mol. The van der Waals surface area contributed by atoms with Crippen LogP contribution in [0.2, 0.25) is 0 Å². The number of aromatic hydroxyl groups is 2. The summed E-state index contributed by atoms with van der Waals surface area (Å²) in [6.45, 7) is 0. The van der Waals surface area contributed by atoms with Crippen molar-refractivity contribution in [2.45, 2.75) is 0 Å². The number of rotatable bonds is 3. The van der Waals surface area contributed by atoms with Gasteiger partial charge in [0.25, 0.3) is 0 Å². The Balaban J connectivity index is 2.18. The van der Waals surface area contributed by atoms with Crippen molar-refractivity contribution in [3.05, 3.63) is 48.0 Å². The van der Waals surface area contributed by atoms with Crippen molar-refractivity contribution in [2.75, 3.05) is 7.11 Å². The lowest BCUT2D eigenvalue weighted by atomic mass is 10.2. The lowest BCUT2D eigenvalue weighted by Crippen LogP contribution is -2.08. The molecule has 2 N–H and O–H groups in total. The number of carbonyl (C=O) groups is 1. The average molecular weight is 260 g/mol. The normalized spacial score (nSPS) is 9.95. The zero-order valence-corrected chi connectivity index (χ0v) is 10.2. The molecule has 0 aliphatic heterocycles. The second kappa shape index (κ2) is 5.30. The standard InChI is InChI=1S/C14H12O5/c1-18-13-8-9(2-7-12(13)16)14(17)19-11-5-3-10(15)4-6-11/h2-8,15-16H,1H3. The van der Waals surface area contributed by atoms with Crippen molar-refractivity contribution >= 4 is 5.97 Å². The number of benzene rings is 2. The lowest BCUT2D eigenvalue weighted by molar-refractivity contribution is 0.0734. The van der Waals surface area contributed by atoms with Crippen molar-refractivity contribution in [2.24, 2.45) is 0 Å². The maximum Gasteiger partial charge on any atom is 0.343 e. The number of phenolic OH excluding ortho intramolecular Hbond substituents is 2.